The third-order valence-corrected chi connectivity index (χ3v) is 1.29. The molecule has 1 unspecified atom stereocenters. The number of rotatable bonds is 6. The predicted octanol–water partition coefficient (Wildman–Crippen LogP) is -0.952. The van der Waals surface area contributed by atoms with Crippen LogP contribution < -0.4 is 11.1 Å². The van der Waals surface area contributed by atoms with E-state index in [1.807, 2.05) is 0 Å². The molecule has 0 spiro atoms. The molecule has 1 atom stereocenters. The maximum Gasteiger partial charge on any atom is 0.295 e. The maximum atomic E-state index is 11.0. The molecule has 0 heterocycles. The van der Waals surface area contributed by atoms with Crippen molar-refractivity contribution in [1.29, 1.82) is 0 Å². The Morgan fingerprint density at radius 1 is 1.77 bits per heavy atom. The average Bonchev–Trinajstić information content (AvgIpc) is 2.03. The van der Waals surface area contributed by atoms with Crippen molar-refractivity contribution in [2.45, 2.75) is 19.4 Å². The van der Waals surface area contributed by atoms with E-state index in [0.717, 1.165) is 0 Å². The highest BCUT2D eigenvalue weighted by molar-refractivity contribution is 5.80. The van der Waals surface area contributed by atoms with Crippen molar-refractivity contribution in [3.63, 3.8) is 0 Å². The second kappa shape index (κ2) is 6.18. The summed E-state index contributed by atoms with van der Waals surface area (Å²) < 4.78 is 0. The third-order valence-electron chi connectivity index (χ3n) is 1.29. The molecule has 0 aliphatic carbocycles. The zero-order valence-corrected chi connectivity index (χ0v) is 7.36. The molecule has 1 amide bonds. The van der Waals surface area contributed by atoms with Gasteiger partial charge in [-0.05, 0) is 19.9 Å². The van der Waals surface area contributed by atoms with E-state index in [-0.39, 0.29) is 0 Å². The van der Waals surface area contributed by atoms with Gasteiger partial charge in [-0.15, -0.1) is 10.1 Å². The Bertz CT molecular complexity index is 185. The van der Waals surface area contributed by atoms with Crippen molar-refractivity contribution in [1.82, 2.24) is 5.32 Å². The van der Waals surface area contributed by atoms with Crippen molar-refractivity contribution in [2.24, 2.45) is 5.73 Å². The van der Waals surface area contributed by atoms with Crippen LogP contribution in [0, 0.1) is 10.1 Å². The zero-order chi connectivity index (χ0) is 10.3. The first-order valence-electron chi connectivity index (χ1n) is 3.87. The van der Waals surface area contributed by atoms with E-state index < -0.39 is 17.1 Å². The fourth-order valence-electron chi connectivity index (χ4n) is 0.634. The number of nitrogens with two attached hydrogens (primary N) is 1. The van der Waals surface area contributed by atoms with Crippen LogP contribution in [0.2, 0.25) is 0 Å². The summed E-state index contributed by atoms with van der Waals surface area (Å²) in [5.41, 5.74) is 5.18. The van der Waals surface area contributed by atoms with E-state index in [2.05, 4.69) is 10.2 Å². The summed E-state index contributed by atoms with van der Waals surface area (Å²) in [6.07, 6.45) is -0.440. The summed E-state index contributed by atoms with van der Waals surface area (Å²) in [6.45, 7) is 2.17. The first-order chi connectivity index (χ1) is 6.07. The second-order valence-corrected chi connectivity index (χ2v) is 2.40. The molecule has 0 radical (unpaired) electrons. The molecule has 0 saturated carbocycles. The lowest BCUT2D eigenvalue weighted by molar-refractivity contribution is -0.763. The molecule has 76 valence electrons. The summed E-state index contributed by atoms with van der Waals surface area (Å²) in [6, 6.07) is 0. The van der Waals surface area contributed by atoms with E-state index in [1.165, 1.54) is 6.92 Å². The van der Waals surface area contributed by atoms with E-state index in [1.54, 1.807) is 0 Å². The second-order valence-electron chi connectivity index (χ2n) is 2.40. The third kappa shape index (κ3) is 5.85. The number of nitrogens with one attached hydrogen (secondary N) is 1. The number of amides is 1. The van der Waals surface area contributed by atoms with Crippen LogP contribution in [0.15, 0.2) is 0 Å². The van der Waals surface area contributed by atoms with Gasteiger partial charge < -0.3 is 15.9 Å². The van der Waals surface area contributed by atoms with Gasteiger partial charge in [0, 0.05) is 6.54 Å². The molecule has 0 aromatic heterocycles. The van der Waals surface area contributed by atoms with Crippen LogP contribution in [0.5, 0.6) is 0 Å². The lowest BCUT2D eigenvalue weighted by Crippen LogP contribution is -2.36. The maximum absolute atomic E-state index is 11.0. The minimum absolute atomic E-state index is 0.404. The average molecular weight is 191 g/mol. The molecule has 7 nitrogen and oxygen atoms in total. The fourth-order valence-corrected chi connectivity index (χ4v) is 0.634. The number of hydrogen-bond donors (Lipinski definition) is 2. The van der Waals surface area contributed by atoms with Gasteiger partial charge in [-0.3, -0.25) is 4.79 Å². The van der Waals surface area contributed by atoms with Crippen LogP contribution in [0.3, 0.4) is 0 Å². The summed E-state index contributed by atoms with van der Waals surface area (Å²) in [5, 5.41) is 11.3. The van der Waals surface area contributed by atoms with Crippen LogP contribution in [0.25, 0.3) is 0 Å². The quantitative estimate of drug-likeness (QED) is 0.319. The van der Waals surface area contributed by atoms with Crippen molar-refractivity contribution in [3.05, 3.63) is 10.1 Å². The topological polar surface area (TPSA) is 107 Å². The summed E-state index contributed by atoms with van der Waals surface area (Å²) >= 11 is 0. The number of carbonyl (C=O) groups excluding carboxylic acids is 1. The molecule has 0 fully saturated rings. The SMILES string of the molecule is CC(O[N+](=O)[O-])C(=O)NCCCN. The molecule has 0 aliphatic rings. The van der Waals surface area contributed by atoms with Gasteiger partial charge in [0.25, 0.3) is 5.09 Å². The lowest BCUT2D eigenvalue weighted by atomic mass is 10.3. The zero-order valence-electron chi connectivity index (χ0n) is 7.36. The Labute approximate surface area is 75.3 Å². The van der Waals surface area contributed by atoms with E-state index in [9.17, 15) is 14.9 Å². The first kappa shape index (κ1) is 11.6. The fraction of sp³-hybridized carbons (Fsp3) is 0.833. The normalized spacial score (nSPS) is 11.8. The highest BCUT2D eigenvalue weighted by Crippen LogP contribution is 1.90. The van der Waals surface area contributed by atoms with Crippen LogP contribution in [-0.2, 0) is 9.63 Å². The summed E-state index contributed by atoms with van der Waals surface area (Å²) in [4.78, 5) is 24.8. The van der Waals surface area contributed by atoms with Crippen LogP contribution in [0.1, 0.15) is 13.3 Å². The Morgan fingerprint density at radius 2 is 2.38 bits per heavy atom. The minimum Gasteiger partial charge on any atom is -0.354 e. The number of carbonyl (C=O) groups is 1. The molecule has 0 bridgehead atoms. The molecule has 0 rings (SSSR count). The van der Waals surface area contributed by atoms with Crippen LogP contribution >= 0.6 is 0 Å². The highest BCUT2D eigenvalue weighted by Gasteiger charge is 2.15. The summed E-state index contributed by atoms with van der Waals surface area (Å²) in [5.74, 6) is -0.509. The smallest absolute Gasteiger partial charge is 0.295 e. The monoisotopic (exact) mass is 191 g/mol. The van der Waals surface area contributed by atoms with Crippen molar-refractivity contribution in [3.8, 4) is 0 Å². The first-order valence-corrected chi connectivity index (χ1v) is 3.87. The molecule has 0 saturated heterocycles. The van der Waals surface area contributed by atoms with Crippen LogP contribution in [-0.4, -0.2) is 30.2 Å². The molecular formula is C6H13N3O4. The van der Waals surface area contributed by atoms with Crippen molar-refractivity contribution >= 4 is 5.91 Å². The van der Waals surface area contributed by atoms with Gasteiger partial charge in [-0.25, -0.2) is 0 Å². The summed E-state index contributed by atoms with van der Waals surface area (Å²) in [7, 11) is 0. The highest BCUT2D eigenvalue weighted by atomic mass is 17.0. The van der Waals surface area contributed by atoms with Gasteiger partial charge in [0.05, 0.1) is 0 Å². The molecule has 7 heteroatoms. The molecule has 3 N–H and O–H groups in total. The predicted molar refractivity (Wildman–Crippen MR) is 44.2 cm³/mol. The minimum atomic E-state index is -1.08. The standard InChI is InChI=1S/C6H13N3O4/c1-5(13-9(11)12)6(10)8-4-2-3-7/h5H,2-4,7H2,1H3,(H,8,10). The molecule has 0 aromatic rings. The Balaban J connectivity index is 3.63. The van der Waals surface area contributed by atoms with Gasteiger partial charge in [0.15, 0.2) is 6.10 Å². The Hall–Kier alpha value is -1.37. The van der Waals surface area contributed by atoms with Crippen LogP contribution in [0.4, 0.5) is 0 Å². The molecular weight excluding hydrogens is 178 g/mol. The van der Waals surface area contributed by atoms with E-state index in [0.29, 0.717) is 19.5 Å². The molecule has 0 aliphatic heterocycles. The van der Waals surface area contributed by atoms with Gasteiger partial charge in [-0.1, -0.05) is 0 Å². The Kier molecular flexibility index (Phi) is 5.53. The van der Waals surface area contributed by atoms with Gasteiger partial charge in [-0.2, -0.15) is 0 Å². The van der Waals surface area contributed by atoms with Crippen molar-refractivity contribution < 1.29 is 14.7 Å². The van der Waals surface area contributed by atoms with Gasteiger partial charge >= 0.3 is 0 Å². The van der Waals surface area contributed by atoms with E-state index >= 15 is 0 Å². The van der Waals surface area contributed by atoms with Gasteiger partial charge in [0.1, 0.15) is 0 Å². The van der Waals surface area contributed by atoms with Crippen molar-refractivity contribution in [2.75, 3.05) is 13.1 Å². The Morgan fingerprint density at radius 3 is 2.85 bits per heavy atom. The number of nitrogens with zero attached hydrogens (tertiary/aromatic N) is 1. The molecule has 13 heavy (non-hydrogen) atoms. The largest absolute Gasteiger partial charge is 0.354 e. The van der Waals surface area contributed by atoms with Gasteiger partial charge in [0.2, 0.25) is 5.91 Å². The number of hydrogen-bond acceptors (Lipinski definition) is 5. The lowest BCUT2D eigenvalue weighted by Gasteiger charge is -2.09. The van der Waals surface area contributed by atoms with E-state index in [4.69, 9.17) is 5.73 Å². The molecule has 0 aromatic carbocycles.